The van der Waals surface area contributed by atoms with E-state index in [1.165, 1.54) is 11.8 Å². The molecule has 0 fully saturated rings. The third kappa shape index (κ3) is 3.13. The van der Waals surface area contributed by atoms with E-state index >= 15 is 0 Å². The normalized spacial score (nSPS) is 12.5. The number of pyridine rings is 1. The fraction of sp³-hybridized carbons (Fsp3) is 0.455. The Hall–Kier alpha value is -1.23. The first-order chi connectivity index (χ1) is 7.56. The van der Waals surface area contributed by atoms with Crippen molar-refractivity contribution < 1.29 is 14.6 Å². The van der Waals surface area contributed by atoms with Gasteiger partial charge in [-0.25, -0.2) is 4.98 Å². The maximum Gasteiger partial charge on any atom is 0.317 e. The quantitative estimate of drug-likeness (QED) is 0.801. The Labute approximate surface area is 99.0 Å². The molecule has 0 aliphatic heterocycles. The van der Waals surface area contributed by atoms with Gasteiger partial charge in [0.25, 0.3) is 0 Å². The number of ether oxygens (including phenoxy) is 1. The number of hydrogen-bond acceptors (Lipinski definition) is 4. The van der Waals surface area contributed by atoms with Crippen molar-refractivity contribution in [1.29, 1.82) is 0 Å². The van der Waals surface area contributed by atoms with E-state index in [9.17, 15) is 4.79 Å². The summed E-state index contributed by atoms with van der Waals surface area (Å²) in [7, 11) is 1.55. The van der Waals surface area contributed by atoms with E-state index in [1.807, 2.05) is 13.8 Å². The van der Waals surface area contributed by atoms with Crippen molar-refractivity contribution in [2.24, 2.45) is 5.92 Å². The van der Waals surface area contributed by atoms with Crippen LogP contribution in [0.3, 0.4) is 0 Å². The number of aromatic nitrogens is 1. The van der Waals surface area contributed by atoms with E-state index in [-0.39, 0.29) is 5.92 Å². The lowest BCUT2D eigenvalue weighted by molar-refractivity contribution is -0.137. The largest absolute Gasteiger partial charge is 0.494 e. The molecule has 0 aliphatic rings. The molecule has 0 amide bonds. The van der Waals surface area contributed by atoms with Crippen LogP contribution in [0.1, 0.15) is 13.8 Å². The van der Waals surface area contributed by atoms with Crippen LogP contribution < -0.4 is 4.74 Å². The summed E-state index contributed by atoms with van der Waals surface area (Å²) in [5, 5.41) is 9.19. The molecule has 5 heteroatoms. The summed E-state index contributed by atoms with van der Waals surface area (Å²) in [4.78, 5) is 15.2. The molecule has 1 aromatic heterocycles. The minimum absolute atomic E-state index is 0.0363. The van der Waals surface area contributed by atoms with Crippen LogP contribution in [0.5, 0.6) is 5.75 Å². The molecule has 0 bridgehead atoms. The zero-order valence-corrected chi connectivity index (χ0v) is 10.3. The third-order valence-corrected chi connectivity index (χ3v) is 3.57. The zero-order chi connectivity index (χ0) is 12.1. The maximum atomic E-state index is 11.1. The van der Waals surface area contributed by atoms with Gasteiger partial charge >= 0.3 is 5.97 Å². The van der Waals surface area contributed by atoms with Crippen molar-refractivity contribution in [2.45, 2.75) is 24.1 Å². The molecule has 1 rings (SSSR count). The van der Waals surface area contributed by atoms with Crippen molar-refractivity contribution in [3.05, 3.63) is 18.3 Å². The molecule has 1 unspecified atom stereocenters. The molecular formula is C11H15NO3S. The highest BCUT2D eigenvalue weighted by molar-refractivity contribution is 8.00. The summed E-state index contributed by atoms with van der Waals surface area (Å²) >= 11 is 1.22. The Kier molecular flexibility index (Phi) is 4.61. The molecular weight excluding hydrogens is 226 g/mol. The predicted molar refractivity (Wildman–Crippen MR) is 62.9 cm³/mol. The van der Waals surface area contributed by atoms with Crippen LogP contribution >= 0.6 is 11.8 Å². The Balaban J connectivity index is 2.89. The number of nitrogens with zero attached hydrogens (tertiary/aromatic N) is 1. The van der Waals surface area contributed by atoms with Crippen LogP contribution in [0.25, 0.3) is 0 Å². The molecule has 0 saturated heterocycles. The van der Waals surface area contributed by atoms with Gasteiger partial charge in [0.05, 0.1) is 7.11 Å². The SMILES string of the molecule is COc1cccnc1SC(C(=O)O)C(C)C. The molecule has 1 N–H and O–H groups in total. The highest BCUT2D eigenvalue weighted by atomic mass is 32.2. The molecule has 0 radical (unpaired) electrons. The Morgan fingerprint density at radius 2 is 2.25 bits per heavy atom. The Morgan fingerprint density at radius 3 is 2.75 bits per heavy atom. The number of hydrogen-bond donors (Lipinski definition) is 1. The molecule has 0 aromatic carbocycles. The lowest BCUT2D eigenvalue weighted by atomic mass is 10.1. The van der Waals surface area contributed by atoms with Crippen LogP contribution in [0, 0.1) is 5.92 Å². The average Bonchev–Trinajstić information content (AvgIpc) is 2.25. The van der Waals surface area contributed by atoms with E-state index in [0.717, 1.165) is 0 Å². The molecule has 0 aliphatic carbocycles. The smallest absolute Gasteiger partial charge is 0.317 e. The summed E-state index contributed by atoms with van der Waals surface area (Å²) < 4.78 is 5.13. The van der Waals surface area contributed by atoms with Gasteiger partial charge in [-0.2, -0.15) is 0 Å². The number of rotatable bonds is 5. The molecule has 16 heavy (non-hydrogen) atoms. The van der Waals surface area contributed by atoms with Gasteiger partial charge in [-0.3, -0.25) is 4.79 Å². The summed E-state index contributed by atoms with van der Waals surface area (Å²) in [6.45, 7) is 3.75. The first kappa shape index (κ1) is 12.8. The van der Waals surface area contributed by atoms with Gasteiger partial charge in [0.1, 0.15) is 10.3 Å². The number of thioether (sulfide) groups is 1. The monoisotopic (exact) mass is 241 g/mol. The lowest BCUT2D eigenvalue weighted by Gasteiger charge is -2.16. The van der Waals surface area contributed by atoms with E-state index in [0.29, 0.717) is 10.8 Å². The van der Waals surface area contributed by atoms with Crippen molar-refractivity contribution in [2.75, 3.05) is 7.11 Å². The molecule has 0 spiro atoms. The highest BCUT2D eigenvalue weighted by Crippen LogP contribution is 2.32. The molecule has 1 aromatic rings. The highest BCUT2D eigenvalue weighted by Gasteiger charge is 2.24. The predicted octanol–water partition coefficient (Wildman–Crippen LogP) is 2.29. The van der Waals surface area contributed by atoms with Gasteiger partial charge in [0.2, 0.25) is 0 Å². The molecule has 1 heterocycles. The minimum atomic E-state index is -0.826. The van der Waals surface area contributed by atoms with Gasteiger partial charge in [0, 0.05) is 6.20 Å². The van der Waals surface area contributed by atoms with Crippen LogP contribution in [0.2, 0.25) is 0 Å². The first-order valence-corrected chi connectivity index (χ1v) is 5.82. The van der Waals surface area contributed by atoms with Gasteiger partial charge < -0.3 is 9.84 Å². The fourth-order valence-corrected chi connectivity index (χ4v) is 2.21. The molecule has 88 valence electrons. The third-order valence-electron chi connectivity index (χ3n) is 2.04. The Morgan fingerprint density at radius 1 is 1.56 bits per heavy atom. The summed E-state index contributed by atoms with van der Waals surface area (Å²) in [5.41, 5.74) is 0. The van der Waals surface area contributed by atoms with Crippen molar-refractivity contribution in [3.8, 4) is 5.75 Å². The van der Waals surface area contributed by atoms with Gasteiger partial charge in [-0.1, -0.05) is 25.6 Å². The van der Waals surface area contributed by atoms with Gasteiger partial charge in [-0.15, -0.1) is 0 Å². The van der Waals surface area contributed by atoms with E-state index in [4.69, 9.17) is 9.84 Å². The van der Waals surface area contributed by atoms with Crippen LogP contribution in [0.15, 0.2) is 23.4 Å². The van der Waals surface area contributed by atoms with Crippen LogP contribution in [-0.2, 0) is 4.79 Å². The topological polar surface area (TPSA) is 59.4 Å². The number of methoxy groups -OCH3 is 1. The van der Waals surface area contributed by atoms with E-state index < -0.39 is 11.2 Å². The summed E-state index contributed by atoms with van der Waals surface area (Å²) in [6, 6.07) is 3.53. The van der Waals surface area contributed by atoms with Crippen LogP contribution in [-0.4, -0.2) is 28.4 Å². The van der Waals surface area contributed by atoms with Crippen LogP contribution in [0.4, 0.5) is 0 Å². The minimum Gasteiger partial charge on any atom is -0.494 e. The van der Waals surface area contributed by atoms with Crippen molar-refractivity contribution in [3.63, 3.8) is 0 Å². The van der Waals surface area contributed by atoms with Gasteiger partial charge in [0.15, 0.2) is 5.75 Å². The van der Waals surface area contributed by atoms with Gasteiger partial charge in [-0.05, 0) is 18.1 Å². The average molecular weight is 241 g/mol. The number of carboxylic acid groups (broad SMARTS) is 1. The lowest BCUT2D eigenvalue weighted by Crippen LogP contribution is -2.22. The van der Waals surface area contributed by atoms with Crippen molar-refractivity contribution in [1.82, 2.24) is 4.98 Å². The fourth-order valence-electron chi connectivity index (χ4n) is 1.21. The second-order valence-electron chi connectivity index (χ2n) is 3.63. The van der Waals surface area contributed by atoms with E-state index in [2.05, 4.69) is 4.98 Å². The standard InChI is InChI=1S/C11H15NO3S/c1-7(2)9(11(13)14)16-10-8(15-3)5-4-6-12-10/h4-7,9H,1-3H3,(H,13,14). The number of carboxylic acids is 1. The second kappa shape index (κ2) is 5.75. The molecule has 0 saturated carbocycles. The maximum absolute atomic E-state index is 11.1. The summed E-state index contributed by atoms with van der Waals surface area (Å²) in [5.74, 6) is -0.179. The van der Waals surface area contributed by atoms with E-state index in [1.54, 1.807) is 25.4 Å². The molecule has 4 nitrogen and oxygen atoms in total. The summed E-state index contributed by atoms with van der Waals surface area (Å²) in [6.07, 6.45) is 1.63. The van der Waals surface area contributed by atoms with Crippen molar-refractivity contribution >= 4 is 17.7 Å². The molecule has 1 atom stereocenters. The Bertz CT molecular complexity index is 368. The number of aliphatic carboxylic acids is 1. The second-order valence-corrected chi connectivity index (χ2v) is 4.76. The zero-order valence-electron chi connectivity index (χ0n) is 9.51. The first-order valence-electron chi connectivity index (χ1n) is 4.94. The number of carbonyl (C=O) groups is 1.